The monoisotopic (exact) mass is 896 g/mol. The summed E-state index contributed by atoms with van der Waals surface area (Å²) in [5.74, 6) is 0. The second-order valence-electron chi connectivity index (χ2n) is 7.10. The van der Waals surface area contributed by atoms with Crippen LogP contribution in [-0.2, 0) is 16.8 Å². The molecule has 0 amide bonds. The van der Waals surface area contributed by atoms with Crippen LogP contribution < -0.4 is 10.7 Å². The number of hydrogen-bond donors (Lipinski definition) is 0. The van der Waals surface area contributed by atoms with Crippen LogP contribution in [0.2, 0.25) is 29.6 Å². The van der Waals surface area contributed by atoms with Gasteiger partial charge in [-0.3, -0.25) is 0 Å². The summed E-state index contributed by atoms with van der Waals surface area (Å²) in [5.41, 5.74) is 0. The summed E-state index contributed by atoms with van der Waals surface area (Å²) in [4.78, 5) is 14.4. The van der Waals surface area contributed by atoms with E-state index in [4.69, 9.17) is 71.0 Å². The van der Waals surface area contributed by atoms with Crippen LogP contribution in [0.1, 0.15) is 0 Å². The van der Waals surface area contributed by atoms with E-state index in [0.717, 1.165) is 0 Å². The molecular formula is C30H33CoN6Sn3. The van der Waals surface area contributed by atoms with Crippen molar-refractivity contribution < 1.29 is 16.8 Å². The van der Waals surface area contributed by atoms with Crippen LogP contribution in [0.25, 0.3) is 0 Å². The first kappa shape index (κ1) is 53.7. The van der Waals surface area contributed by atoms with Gasteiger partial charge in [0.2, 0.25) is 0 Å². The molecule has 10 heteroatoms. The van der Waals surface area contributed by atoms with Gasteiger partial charge in [-0.2, -0.15) is 0 Å². The van der Waals surface area contributed by atoms with E-state index in [1.165, 1.54) is 0 Å². The summed E-state index contributed by atoms with van der Waals surface area (Å²) in [6.45, 7) is 28.5. The number of rotatable bonds is 3. The minimum absolute atomic E-state index is 0. The van der Waals surface area contributed by atoms with Crippen molar-refractivity contribution in [2.24, 2.45) is 0 Å². The Balaban J connectivity index is -0.0000000679. The topological polar surface area (TPSA) is 143 Å². The number of benzene rings is 3. The quantitative estimate of drug-likeness (QED) is 0.251. The van der Waals surface area contributed by atoms with Crippen molar-refractivity contribution in [2.45, 2.75) is 29.6 Å². The molecule has 0 aromatic heterocycles. The Hall–Kier alpha value is -2.50. The molecule has 0 aliphatic rings. The molecule has 0 aliphatic heterocycles. The Morgan fingerprint density at radius 2 is 0.450 bits per heavy atom. The van der Waals surface area contributed by atoms with E-state index in [1.807, 2.05) is 0 Å². The molecule has 3 aromatic rings. The van der Waals surface area contributed by atoms with Gasteiger partial charge in [0.15, 0.2) is 0 Å². The molecule has 0 bridgehead atoms. The molecule has 6 nitrogen and oxygen atoms in total. The van der Waals surface area contributed by atoms with E-state index >= 15 is 0 Å². The Morgan fingerprint density at radius 1 is 0.325 bits per heavy atom. The summed E-state index contributed by atoms with van der Waals surface area (Å²) >= 11 is -3.07. The van der Waals surface area contributed by atoms with Crippen LogP contribution >= 0.6 is 0 Å². The predicted octanol–water partition coefficient (Wildman–Crippen LogP) is 5.52. The van der Waals surface area contributed by atoms with E-state index < -0.39 is 59.3 Å². The van der Waals surface area contributed by atoms with Gasteiger partial charge in [-0.05, 0) is 0 Å². The molecule has 204 valence electrons. The molecule has 0 atom stereocenters. The van der Waals surface area contributed by atoms with Crippen molar-refractivity contribution in [1.82, 2.24) is 0 Å². The number of nitrogens with zero attached hydrogens (tertiary/aromatic N) is 6. The van der Waals surface area contributed by atoms with Crippen LogP contribution in [0.4, 0.5) is 0 Å². The van der Waals surface area contributed by atoms with Crippen LogP contribution in [-0.4, -0.2) is 59.3 Å². The fourth-order valence-electron chi connectivity index (χ4n) is 2.31. The van der Waals surface area contributed by atoms with Gasteiger partial charge in [-0.15, -0.1) is 0 Å². The maximum atomic E-state index is 6.25. The predicted molar refractivity (Wildman–Crippen MR) is 160 cm³/mol. The fraction of sp³-hybridized carbons (Fsp3) is 0.200. The van der Waals surface area contributed by atoms with Crippen molar-refractivity contribution >= 4 is 70.0 Å². The van der Waals surface area contributed by atoms with Gasteiger partial charge in [0.1, 0.15) is 0 Å². The first-order valence-electron chi connectivity index (χ1n) is 10.8. The smallest absolute Gasteiger partial charge is 3.00 e. The first-order valence-corrected chi connectivity index (χ1v) is 32.2. The molecule has 0 spiro atoms. The molecule has 0 fully saturated rings. The SMILES string of the molecule is [C-]#N.[C-]#N.[C-]#N.[C-]#N.[C-]#N.[C-]#N.[CH3][Sn+]([CH3])[c]1ccccc1.[CH3][Sn+]([CH3])[c]1ccccc1.[CH3][Sn+]([CH3])[c]1ccccc1.[Co+3]. The molecule has 0 saturated heterocycles. The summed E-state index contributed by atoms with van der Waals surface area (Å²) < 4.78 is 4.83. The Labute approximate surface area is 275 Å². The minimum atomic E-state index is -1.02. The van der Waals surface area contributed by atoms with E-state index in [-0.39, 0.29) is 16.8 Å². The summed E-state index contributed by atoms with van der Waals surface area (Å²) in [6.07, 6.45) is 0. The molecule has 0 aliphatic carbocycles. The normalized spacial score (nSPS) is 6.45. The van der Waals surface area contributed by atoms with Gasteiger partial charge in [0.25, 0.3) is 0 Å². The van der Waals surface area contributed by atoms with Crippen molar-refractivity contribution in [3.05, 3.63) is 130 Å². The molecule has 3 aromatic carbocycles. The largest absolute Gasteiger partial charge is 3.00 e. The maximum absolute atomic E-state index is 6.25. The van der Waals surface area contributed by atoms with Gasteiger partial charge >= 0.3 is 207 Å². The third-order valence-corrected chi connectivity index (χ3v) is 16.8. The molecule has 0 N–H and O–H groups in total. The van der Waals surface area contributed by atoms with Gasteiger partial charge in [-0.25, -0.2) is 0 Å². The zero-order valence-electron chi connectivity index (χ0n) is 23.7. The average Bonchev–Trinajstić information content (AvgIpc) is 3.05. The van der Waals surface area contributed by atoms with E-state index in [2.05, 4.69) is 121 Å². The second kappa shape index (κ2) is 49.5. The van der Waals surface area contributed by atoms with E-state index in [1.54, 1.807) is 10.7 Å². The zero-order valence-corrected chi connectivity index (χ0v) is 33.3. The summed E-state index contributed by atoms with van der Waals surface area (Å²) in [7, 11) is 0. The summed E-state index contributed by atoms with van der Waals surface area (Å²) in [5, 5.41) is 37.5. The minimum Gasteiger partial charge on any atom is 3.00 e. The molecule has 40 heavy (non-hydrogen) atoms. The molecular weight excluding hydrogens is 859 g/mol. The number of hydrogen-bond acceptors (Lipinski definition) is 6. The maximum Gasteiger partial charge on any atom is 3.00 e. The molecule has 0 unspecified atom stereocenters. The second-order valence-corrected chi connectivity index (χ2v) is 29.2. The Kier molecular flexibility index (Phi) is 66.4. The van der Waals surface area contributed by atoms with Crippen LogP contribution in [0.5, 0.6) is 0 Å². The zero-order chi connectivity index (χ0) is 32.1. The van der Waals surface area contributed by atoms with Crippen LogP contribution in [0, 0.1) is 71.0 Å². The van der Waals surface area contributed by atoms with E-state index in [9.17, 15) is 0 Å². The van der Waals surface area contributed by atoms with Gasteiger partial charge in [-0.1, -0.05) is 0 Å². The van der Waals surface area contributed by atoms with Crippen molar-refractivity contribution in [1.29, 1.82) is 31.6 Å². The van der Waals surface area contributed by atoms with Gasteiger partial charge < -0.3 is 71.0 Å². The summed E-state index contributed by atoms with van der Waals surface area (Å²) in [6, 6.07) is 32.5. The standard InChI is InChI=1S/3C6H5.6CN.6CH3.Co.3Sn/c3*1-2-4-6-5-3-1;6*1-2;;;;;;;;;;/h3*1-5H;;;;;;;6*1H3;;;;/q;;;6*-1;;;;;;;+3;3*+1. The average molecular weight is 893 g/mol. The third kappa shape index (κ3) is 37.7. The van der Waals surface area contributed by atoms with Crippen molar-refractivity contribution in [3.63, 3.8) is 0 Å². The Morgan fingerprint density at radius 3 is 0.525 bits per heavy atom. The first-order chi connectivity index (χ1) is 18.9. The fourth-order valence-corrected chi connectivity index (χ4v) is 9.67. The van der Waals surface area contributed by atoms with Crippen LogP contribution in [0.15, 0.2) is 91.0 Å². The van der Waals surface area contributed by atoms with E-state index in [0.29, 0.717) is 0 Å². The molecule has 0 radical (unpaired) electrons. The van der Waals surface area contributed by atoms with Gasteiger partial charge in [0, 0.05) is 0 Å². The van der Waals surface area contributed by atoms with Crippen molar-refractivity contribution in [2.75, 3.05) is 0 Å². The molecule has 0 saturated carbocycles. The van der Waals surface area contributed by atoms with Gasteiger partial charge in [0.05, 0.1) is 0 Å². The Bertz CT molecular complexity index is 837. The molecule has 0 heterocycles. The molecule has 3 rings (SSSR count). The third-order valence-electron chi connectivity index (χ3n) is 4.05. The van der Waals surface area contributed by atoms with Crippen molar-refractivity contribution in [3.8, 4) is 0 Å². The van der Waals surface area contributed by atoms with Crippen LogP contribution in [0.3, 0.4) is 0 Å².